The van der Waals surface area contributed by atoms with Crippen LogP contribution in [0.3, 0.4) is 0 Å². The Morgan fingerprint density at radius 3 is 2.27 bits per heavy atom. The molecule has 0 heterocycles. The summed E-state index contributed by atoms with van der Waals surface area (Å²) in [7, 11) is 3.12. The van der Waals surface area contributed by atoms with Crippen LogP contribution < -0.4 is 15.0 Å². The lowest BCUT2D eigenvalue weighted by Gasteiger charge is -2.33. The molecule has 1 fully saturated rings. The van der Waals surface area contributed by atoms with Crippen LogP contribution >= 0.6 is 0 Å². The molecule has 1 N–H and O–H groups in total. The SMILES string of the molecule is CN(C)C(=O)Oc1ccc(CC(=O)N(c2cccc(F)c2)C(C(=O)NC2CCCCC2)c2ccccc2F)cc1. The van der Waals surface area contributed by atoms with Gasteiger partial charge in [0.2, 0.25) is 11.8 Å². The second-order valence-corrected chi connectivity index (χ2v) is 10.1. The fraction of sp³-hybridized carbons (Fsp3) is 0.323. The van der Waals surface area contributed by atoms with Crippen molar-refractivity contribution in [3.8, 4) is 5.75 Å². The fourth-order valence-electron chi connectivity index (χ4n) is 4.81. The van der Waals surface area contributed by atoms with E-state index in [1.165, 1.54) is 46.2 Å². The molecule has 0 aromatic heterocycles. The average molecular weight is 550 g/mol. The Bertz CT molecular complexity index is 1340. The van der Waals surface area contributed by atoms with Crippen LogP contribution in [0.15, 0.2) is 72.8 Å². The van der Waals surface area contributed by atoms with Crippen LogP contribution in [0.25, 0.3) is 0 Å². The molecule has 1 saturated carbocycles. The van der Waals surface area contributed by atoms with Crippen molar-refractivity contribution in [3.05, 3.63) is 95.6 Å². The maximum atomic E-state index is 15.2. The van der Waals surface area contributed by atoms with E-state index in [0.29, 0.717) is 11.3 Å². The summed E-state index contributed by atoms with van der Waals surface area (Å²) < 4.78 is 34.8. The number of amides is 3. The normalized spacial score (nSPS) is 14.2. The third-order valence-electron chi connectivity index (χ3n) is 6.86. The molecular formula is C31H33F2N3O4. The Balaban J connectivity index is 1.69. The zero-order chi connectivity index (χ0) is 28.6. The first kappa shape index (κ1) is 28.7. The molecule has 7 nitrogen and oxygen atoms in total. The topological polar surface area (TPSA) is 79.0 Å². The molecular weight excluding hydrogens is 516 g/mol. The number of anilines is 1. The van der Waals surface area contributed by atoms with Crippen LogP contribution in [0, 0.1) is 11.6 Å². The molecule has 0 spiro atoms. The molecule has 3 aromatic carbocycles. The molecule has 1 unspecified atom stereocenters. The van der Waals surface area contributed by atoms with Gasteiger partial charge in [0, 0.05) is 31.4 Å². The lowest BCUT2D eigenvalue weighted by atomic mass is 9.94. The Kier molecular flexibility index (Phi) is 9.47. The minimum atomic E-state index is -1.36. The number of ether oxygens (including phenoxy) is 1. The van der Waals surface area contributed by atoms with E-state index in [2.05, 4.69) is 5.32 Å². The Morgan fingerprint density at radius 1 is 0.925 bits per heavy atom. The number of hydrogen-bond donors (Lipinski definition) is 1. The van der Waals surface area contributed by atoms with E-state index in [9.17, 15) is 18.8 Å². The van der Waals surface area contributed by atoms with E-state index in [1.54, 1.807) is 44.4 Å². The summed E-state index contributed by atoms with van der Waals surface area (Å²) in [5, 5.41) is 3.02. The van der Waals surface area contributed by atoms with E-state index in [4.69, 9.17) is 4.74 Å². The zero-order valence-corrected chi connectivity index (χ0v) is 22.6. The van der Waals surface area contributed by atoms with Crippen LogP contribution in [0.1, 0.15) is 49.3 Å². The van der Waals surface area contributed by atoms with Gasteiger partial charge in [0.25, 0.3) is 0 Å². The third kappa shape index (κ3) is 7.22. The van der Waals surface area contributed by atoms with Gasteiger partial charge in [0.05, 0.1) is 6.42 Å². The predicted molar refractivity (Wildman–Crippen MR) is 148 cm³/mol. The maximum Gasteiger partial charge on any atom is 0.414 e. The van der Waals surface area contributed by atoms with E-state index < -0.39 is 35.6 Å². The van der Waals surface area contributed by atoms with Gasteiger partial charge in [-0.25, -0.2) is 13.6 Å². The number of carbonyl (C=O) groups is 3. The number of benzene rings is 3. The van der Waals surface area contributed by atoms with Crippen molar-refractivity contribution in [2.45, 2.75) is 50.6 Å². The number of nitrogens with one attached hydrogen (secondary N) is 1. The van der Waals surface area contributed by atoms with E-state index in [0.717, 1.165) is 38.2 Å². The van der Waals surface area contributed by atoms with Crippen LogP contribution in [0.4, 0.5) is 19.3 Å². The molecule has 0 aliphatic heterocycles. The van der Waals surface area contributed by atoms with Crippen LogP contribution in [-0.4, -0.2) is 42.9 Å². The quantitative estimate of drug-likeness (QED) is 0.386. The average Bonchev–Trinajstić information content (AvgIpc) is 2.93. The Morgan fingerprint density at radius 2 is 1.62 bits per heavy atom. The second-order valence-electron chi connectivity index (χ2n) is 10.1. The monoisotopic (exact) mass is 549 g/mol. The molecule has 3 aromatic rings. The van der Waals surface area contributed by atoms with Crippen molar-refractivity contribution in [1.82, 2.24) is 10.2 Å². The molecule has 1 aliphatic rings. The van der Waals surface area contributed by atoms with Crippen molar-refractivity contribution in [2.75, 3.05) is 19.0 Å². The van der Waals surface area contributed by atoms with Gasteiger partial charge < -0.3 is 15.0 Å². The highest BCUT2D eigenvalue weighted by Crippen LogP contribution is 2.32. The highest BCUT2D eigenvalue weighted by Gasteiger charge is 2.35. The molecule has 3 amide bonds. The zero-order valence-electron chi connectivity index (χ0n) is 22.6. The summed E-state index contributed by atoms with van der Waals surface area (Å²) in [4.78, 5) is 42.0. The van der Waals surface area contributed by atoms with E-state index in [1.807, 2.05) is 0 Å². The minimum absolute atomic E-state index is 0.0133. The van der Waals surface area contributed by atoms with Gasteiger partial charge >= 0.3 is 6.09 Å². The summed E-state index contributed by atoms with van der Waals surface area (Å²) in [6, 6.07) is 16.1. The standard InChI is InChI=1S/C31H33F2N3O4/c1-35(2)31(39)40-25-17-15-21(16-18-25)19-28(37)36(24-12-8-9-22(32)20-24)29(26-13-6-7-14-27(26)33)30(38)34-23-10-4-3-5-11-23/h6-9,12-18,20,23,29H,3-5,10-11,19H2,1-2H3,(H,34,38). The molecule has 1 aliphatic carbocycles. The largest absolute Gasteiger partial charge is 0.414 e. The molecule has 0 radical (unpaired) electrons. The first-order valence-electron chi connectivity index (χ1n) is 13.3. The number of carbonyl (C=O) groups excluding carboxylic acids is 3. The molecule has 0 saturated heterocycles. The van der Waals surface area contributed by atoms with Crippen molar-refractivity contribution in [3.63, 3.8) is 0 Å². The summed E-state index contributed by atoms with van der Waals surface area (Å²) in [6.45, 7) is 0. The first-order chi connectivity index (χ1) is 19.2. The van der Waals surface area contributed by atoms with Crippen molar-refractivity contribution < 1.29 is 27.9 Å². The summed E-state index contributed by atoms with van der Waals surface area (Å²) in [6.07, 6.45) is 3.92. The van der Waals surface area contributed by atoms with Crippen molar-refractivity contribution in [2.24, 2.45) is 0 Å². The van der Waals surface area contributed by atoms with E-state index >= 15 is 4.39 Å². The highest BCUT2D eigenvalue weighted by atomic mass is 19.1. The van der Waals surface area contributed by atoms with Gasteiger partial charge in [-0.1, -0.05) is 55.7 Å². The molecule has 0 bridgehead atoms. The Labute approximate surface area is 232 Å². The van der Waals surface area contributed by atoms with Crippen LogP contribution in [0.2, 0.25) is 0 Å². The van der Waals surface area contributed by atoms with Crippen LogP contribution in [0.5, 0.6) is 5.75 Å². The van der Waals surface area contributed by atoms with Gasteiger partial charge in [0.1, 0.15) is 23.4 Å². The summed E-state index contributed by atoms with van der Waals surface area (Å²) in [5.41, 5.74) is 0.712. The molecule has 9 heteroatoms. The smallest absolute Gasteiger partial charge is 0.410 e. The minimum Gasteiger partial charge on any atom is -0.410 e. The van der Waals surface area contributed by atoms with E-state index in [-0.39, 0.29) is 23.7 Å². The Hall–Kier alpha value is -4.27. The van der Waals surface area contributed by atoms with Gasteiger partial charge in [-0.05, 0) is 54.8 Å². The number of halogens is 2. The number of hydrogen-bond acceptors (Lipinski definition) is 4. The first-order valence-corrected chi connectivity index (χ1v) is 13.3. The summed E-state index contributed by atoms with van der Waals surface area (Å²) in [5.74, 6) is -2.00. The van der Waals surface area contributed by atoms with Crippen molar-refractivity contribution >= 4 is 23.6 Å². The predicted octanol–water partition coefficient (Wildman–Crippen LogP) is 5.79. The van der Waals surface area contributed by atoms with Gasteiger partial charge in [0.15, 0.2) is 0 Å². The lowest BCUT2D eigenvalue weighted by molar-refractivity contribution is -0.127. The number of rotatable bonds is 8. The van der Waals surface area contributed by atoms with Gasteiger partial charge in [-0.3, -0.25) is 14.5 Å². The van der Waals surface area contributed by atoms with Gasteiger partial charge in [-0.2, -0.15) is 0 Å². The molecule has 1 atom stereocenters. The third-order valence-corrected chi connectivity index (χ3v) is 6.86. The molecule has 4 rings (SSSR count). The molecule has 40 heavy (non-hydrogen) atoms. The van der Waals surface area contributed by atoms with Crippen LogP contribution in [-0.2, 0) is 16.0 Å². The second kappa shape index (κ2) is 13.2. The number of nitrogens with zero attached hydrogens (tertiary/aromatic N) is 2. The lowest BCUT2D eigenvalue weighted by Crippen LogP contribution is -2.48. The summed E-state index contributed by atoms with van der Waals surface area (Å²) >= 11 is 0. The fourth-order valence-corrected chi connectivity index (χ4v) is 4.81. The van der Waals surface area contributed by atoms with Crippen molar-refractivity contribution in [1.29, 1.82) is 0 Å². The maximum absolute atomic E-state index is 15.2. The molecule has 210 valence electrons. The van der Waals surface area contributed by atoms with Gasteiger partial charge in [-0.15, -0.1) is 0 Å². The highest BCUT2D eigenvalue weighted by molar-refractivity contribution is 6.02.